The molecule has 29 heavy (non-hydrogen) atoms. The van der Waals surface area contributed by atoms with E-state index >= 15 is 0 Å². The molecule has 1 atom stereocenters. The Hall–Kier alpha value is -3.14. The van der Waals surface area contributed by atoms with E-state index in [2.05, 4.69) is 15.3 Å². The van der Waals surface area contributed by atoms with Crippen molar-refractivity contribution in [3.05, 3.63) is 38.9 Å². The number of esters is 1. The van der Waals surface area contributed by atoms with Gasteiger partial charge < -0.3 is 19.3 Å². The molecule has 1 heterocycles. The van der Waals surface area contributed by atoms with Gasteiger partial charge in [0.2, 0.25) is 5.82 Å². The first kappa shape index (κ1) is 22.2. The summed E-state index contributed by atoms with van der Waals surface area (Å²) in [6, 6.07) is 5.96. The molecule has 1 aromatic carbocycles. The molecular weight excluding hydrogens is 426 g/mol. The maximum atomic E-state index is 11.9. The number of hydrogen-bond donors (Lipinski definition) is 1. The number of ether oxygens (including phenoxy) is 2. The van der Waals surface area contributed by atoms with Crippen molar-refractivity contribution in [3.63, 3.8) is 0 Å². The fourth-order valence-corrected chi connectivity index (χ4v) is 2.61. The van der Waals surface area contributed by atoms with E-state index in [4.69, 9.17) is 26.3 Å². The standard InChI is InChI=1S/C16H14ClN5O6S/c1-3-27-12(23)8-19-14-13(22(24)25)15(21-16(20-14)29(2)26)28-11-6-9(7-18)4-5-10(11)17/h4-6H,3,8H2,1-2H3,(H,19,20,21). The lowest BCUT2D eigenvalue weighted by atomic mass is 10.2. The van der Waals surface area contributed by atoms with E-state index in [-0.39, 0.29) is 33.9 Å². The average Bonchev–Trinajstić information content (AvgIpc) is 2.67. The van der Waals surface area contributed by atoms with E-state index in [0.29, 0.717) is 0 Å². The highest BCUT2D eigenvalue weighted by Crippen LogP contribution is 2.38. The van der Waals surface area contributed by atoms with Gasteiger partial charge in [0.1, 0.15) is 18.6 Å². The Kier molecular flexibility index (Phi) is 7.54. The Morgan fingerprint density at radius 1 is 1.45 bits per heavy atom. The van der Waals surface area contributed by atoms with Crippen LogP contribution in [0, 0.1) is 21.4 Å². The highest BCUT2D eigenvalue weighted by atomic mass is 35.5. The molecule has 0 saturated heterocycles. The van der Waals surface area contributed by atoms with E-state index in [1.807, 2.05) is 6.07 Å². The number of nitriles is 1. The minimum Gasteiger partial charge on any atom is -0.609 e. The summed E-state index contributed by atoms with van der Waals surface area (Å²) in [6.45, 7) is 1.30. The van der Waals surface area contributed by atoms with E-state index in [0.717, 1.165) is 0 Å². The molecule has 0 aliphatic rings. The lowest BCUT2D eigenvalue weighted by molar-refractivity contribution is -0.385. The second-order valence-electron chi connectivity index (χ2n) is 5.24. The molecule has 0 aliphatic heterocycles. The minimum absolute atomic E-state index is 0.0668. The molecule has 2 rings (SSSR count). The molecule has 0 bridgehead atoms. The maximum Gasteiger partial charge on any atom is 0.373 e. The monoisotopic (exact) mass is 439 g/mol. The fourth-order valence-electron chi connectivity index (χ4n) is 2.03. The molecule has 11 nitrogen and oxygen atoms in total. The van der Waals surface area contributed by atoms with Gasteiger partial charge in [-0.2, -0.15) is 10.2 Å². The molecule has 1 aromatic heterocycles. The zero-order valence-electron chi connectivity index (χ0n) is 15.2. The second-order valence-corrected chi connectivity index (χ2v) is 6.92. The molecule has 0 amide bonds. The number of anilines is 1. The summed E-state index contributed by atoms with van der Waals surface area (Å²) in [5, 5.41) is 22.9. The van der Waals surface area contributed by atoms with Gasteiger partial charge >= 0.3 is 22.7 Å². The number of carbonyl (C=O) groups excluding carboxylic acids is 1. The quantitative estimate of drug-likeness (QED) is 0.212. The van der Waals surface area contributed by atoms with Crippen molar-refractivity contribution < 1.29 is 23.7 Å². The number of nitrogens with zero attached hydrogens (tertiary/aromatic N) is 4. The van der Waals surface area contributed by atoms with Crippen LogP contribution in [-0.4, -0.2) is 44.8 Å². The van der Waals surface area contributed by atoms with Gasteiger partial charge in [-0.25, -0.2) is 0 Å². The molecule has 0 saturated carbocycles. The Morgan fingerprint density at radius 2 is 2.17 bits per heavy atom. The van der Waals surface area contributed by atoms with Crippen LogP contribution >= 0.6 is 11.6 Å². The molecule has 13 heteroatoms. The van der Waals surface area contributed by atoms with Gasteiger partial charge in [-0.1, -0.05) is 11.6 Å². The fraction of sp³-hybridized carbons (Fsp3) is 0.250. The van der Waals surface area contributed by atoms with Crippen molar-refractivity contribution >= 4 is 40.3 Å². The zero-order chi connectivity index (χ0) is 21.6. The number of aromatic nitrogens is 2. The molecule has 1 N–H and O–H groups in total. The topological polar surface area (TPSA) is 163 Å². The second kappa shape index (κ2) is 9.87. The first-order valence-electron chi connectivity index (χ1n) is 7.93. The summed E-state index contributed by atoms with van der Waals surface area (Å²) in [5.41, 5.74) is -0.511. The Morgan fingerprint density at radius 3 is 2.76 bits per heavy atom. The predicted octanol–water partition coefficient (Wildman–Crippen LogP) is 2.41. The van der Waals surface area contributed by atoms with Crippen LogP contribution in [0.5, 0.6) is 11.6 Å². The van der Waals surface area contributed by atoms with Gasteiger partial charge in [0.25, 0.3) is 0 Å². The average molecular weight is 440 g/mol. The van der Waals surface area contributed by atoms with Crippen LogP contribution in [0.4, 0.5) is 11.5 Å². The van der Waals surface area contributed by atoms with Crippen molar-refractivity contribution in [2.24, 2.45) is 0 Å². The smallest absolute Gasteiger partial charge is 0.373 e. The van der Waals surface area contributed by atoms with Crippen molar-refractivity contribution in [2.45, 2.75) is 12.1 Å². The normalized spacial score (nSPS) is 11.3. The van der Waals surface area contributed by atoms with Gasteiger partial charge in [-0.3, -0.25) is 14.9 Å². The third kappa shape index (κ3) is 5.67. The molecule has 0 spiro atoms. The third-order valence-electron chi connectivity index (χ3n) is 3.24. The first-order chi connectivity index (χ1) is 13.8. The summed E-state index contributed by atoms with van der Waals surface area (Å²) < 4.78 is 22.1. The molecule has 1 unspecified atom stereocenters. The van der Waals surface area contributed by atoms with Gasteiger partial charge in [0.15, 0.2) is 0 Å². The van der Waals surface area contributed by atoms with Crippen molar-refractivity contribution in [1.82, 2.24) is 9.97 Å². The summed E-state index contributed by atoms with van der Waals surface area (Å²) in [6.07, 6.45) is 1.27. The maximum absolute atomic E-state index is 11.9. The number of hydrogen-bond acceptors (Lipinski definition) is 10. The van der Waals surface area contributed by atoms with Crippen LogP contribution in [0.15, 0.2) is 23.4 Å². The van der Waals surface area contributed by atoms with Crippen LogP contribution < -0.4 is 10.1 Å². The Balaban J connectivity index is 2.53. The largest absolute Gasteiger partial charge is 0.609 e. The Bertz CT molecular complexity index is 981. The van der Waals surface area contributed by atoms with E-state index in [9.17, 15) is 19.5 Å². The number of benzene rings is 1. The number of halogens is 1. The molecule has 0 fully saturated rings. The zero-order valence-corrected chi connectivity index (χ0v) is 16.7. The number of carbonyl (C=O) groups is 1. The highest BCUT2D eigenvalue weighted by molar-refractivity contribution is 7.90. The van der Waals surface area contributed by atoms with Gasteiger partial charge in [-0.15, -0.1) is 4.98 Å². The van der Waals surface area contributed by atoms with Gasteiger partial charge in [-0.05, 0) is 19.1 Å². The molecule has 152 valence electrons. The predicted molar refractivity (Wildman–Crippen MR) is 102 cm³/mol. The first-order valence-corrected chi connectivity index (χ1v) is 9.87. The minimum atomic E-state index is -1.72. The number of nitro groups is 1. The van der Waals surface area contributed by atoms with Crippen molar-refractivity contribution in [1.29, 1.82) is 5.26 Å². The third-order valence-corrected chi connectivity index (χ3v) is 4.25. The van der Waals surface area contributed by atoms with Crippen LogP contribution in [0.25, 0.3) is 0 Å². The molecular formula is C16H14ClN5O6S. The molecule has 2 aromatic rings. The molecule has 0 radical (unpaired) electrons. The summed E-state index contributed by atoms with van der Waals surface area (Å²) in [5.74, 6) is -1.69. The molecule has 0 aliphatic carbocycles. The van der Waals surface area contributed by atoms with E-state index in [1.165, 1.54) is 24.5 Å². The Labute approximate surface area is 172 Å². The summed E-state index contributed by atoms with van der Waals surface area (Å²) in [4.78, 5) is 30.0. The SMILES string of the molecule is CCOC(=O)CNc1nc([S+](C)[O-])nc(Oc2cc(C#N)ccc2Cl)c1[N+](=O)[O-]. The summed E-state index contributed by atoms with van der Waals surface area (Å²) in [7, 11) is 0. The van der Waals surface area contributed by atoms with Crippen LogP contribution in [0.1, 0.15) is 12.5 Å². The van der Waals surface area contributed by atoms with Crippen LogP contribution in [-0.2, 0) is 20.7 Å². The number of rotatable bonds is 8. The van der Waals surface area contributed by atoms with Gasteiger partial charge in [0, 0.05) is 17.2 Å². The van der Waals surface area contributed by atoms with E-state index in [1.54, 1.807) is 6.92 Å². The lowest BCUT2D eigenvalue weighted by Gasteiger charge is -2.12. The van der Waals surface area contributed by atoms with Crippen molar-refractivity contribution in [3.8, 4) is 17.7 Å². The van der Waals surface area contributed by atoms with E-state index < -0.39 is 40.2 Å². The highest BCUT2D eigenvalue weighted by Gasteiger charge is 2.30. The van der Waals surface area contributed by atoms with Gasteiger partial charge in [0.05, 0.1) is 28.2 Å². The van der Waals surface area contributed by atoms with Crippen LogP contribution in [0.3, 0.4) is 0 Å². The lowest BCUT2D eigenvalue weighted by Crippen LogP contribution is -2.19. The van der Waals surface area contributed by atoms with Crippen molar-refractivity contribution in [2.75, 3.05) is 24.7 Å². The number of nitrogens with one attached hydrogen (secondary N) is 1. The van der Waals surface area contributed by atoms with Crippen LogP contribution in [0.2, 0.25) is 5.02 Å². The summed E-state index contributed by atoms with van der Waals surface area (Å²) >= 11 is 4.31.